The third kappa shape index (κ3) is 5.29. The van der Waals surface area contributed by atoms with Gasteiger partial charge in [0, 0.05) is 37.8 Å². The van der Waals surface area contributed by atoms with Crippen LogP contribution < -0.4 is 14.2 Å². The van der Waals surface area contributed by atoms with Crippen molar-refractivity contribution in [1.82, 2.24) is 9.91 Å². The highest BCUT2D eigenvalue weighted by Gasteiger charge is 2.25. The van der Waals surface area contributed by atoms with E-state index in [4.69, 9.17) is 19.3 Å². The van der Waals surface area contributed by atoms with Gasteiger partial charge in [0.05, 0.1) is 33.6 Å². The van der Waals surface area contributed by atoms with Crippen LogP contribution in [0.25, 0.3) is 0 Å². The van der Waals surface area contributed by atoms with Crippen LogP contribution in [0.15, 0.2) is 77.9 Å². The molecule has 0 atom stereocenters. The van der Waals surface area contributed by atoms with E-state index in [2.05, 4.69) is 70.6 Å². The van der Waals surface area contributed by atoms with Gasteiger partial charge in [0.25, 0.3) is 0 Å². The zero-order valence-electron chi connectivity index (χ0n) is 19.5. The smallest absolute Gasteiger partial charge is 0.164 e. The van der Waals surface area contributed by atoms with Crippen molar-refractivity contribution in [2.24, 2.45) is 5.10 Å². The highest BCUT2D eigenvalue weighted by molar-refractivity contribution is 5.85. The summed E-state index contributed by atoms with van der Waals surface area (Å²) in [4.78, 5) is 2.54. The van der Waals surface area contributed by atoms with Crippen LogP contribution in [0.2, 0.25) is 0 Å². The third-order valence-corrected chi connectivity index (χ3v) is 5.98. The summed E-state index contributed by atoms with van der Waals surface area (Å²) in [6.45, 7) is 3.55. The maximum Gasteiger partial charge on any atom is 0.164 e. The molecule has 1 saturated heterocycles. The van der Waals surface area contributed by atoms with Crippen LogP contribution in [-0.2, 0) is 0 Å². The molecule has 0 unspecified atom stereocenters. The summed E-state index contributed by atoms with van der Waals surface area (Å²) in [5, 5.41) is 6.85. The minimum Gasteiger partial charge on any atom is -0.496 e. The average molecular weight is 446 g/mol. The zero-order chi connectivity index (χ0) is 23.0. The molecular weight excluding hydrogens is 414 g/mol. The molecule has 3 aromatic carbocycles. The van der Waals surface area contributed by atoms with Gasteiger partial charge < -0.3 is 14.2 Å². The predicted molar refractivity (Wildman–Crippen MR) is 132 cm³/mol. The van der Waals surface area contributed by atoms with Gasteiger partial charge in [-0.1, -0.05) is 60.7 Å². The number of benzene rings is 3. The van der Waals surface area contributed by atoms with Gasteiger partial charge in [-0.15, -0.1) is 0 Å². The lowest BCUT2D eigenvalue weighted by atomic mass is 9.96. The highest BCUT2D eigenvalue weighted by Crippen LogP contribution is 2.34. The van der Waals surface area contributed by atoms with E-state index in [1.54, 1.807) is 21.3 Å². The van der Waals surface area contributed by atoms with Crippen LogP contribution in [-0.4, -0.2) is 63.6 Å². The Morgan fingerprint density at radius 1 is 0.697 bits per heavy atom. The Balaban J connectivity index is 1.48. The third-order valence-electron chi connectivity index (χ3n) is 5.98. The molecule has 3 aromatic rings. The monoisotopic (exact) mass is 445 g/mol. The number of hydrogen-bond acceptors (Lipinski definition) is 6. The van der Waals surface area contributed by atoms with Gasteiger partial charge in [0.15, 0.2) is 11.5 Å². The number of piperazine rings is 1. The molecule has 0 N–H and O–H groups in total. The molecule has 6 nitrogen and oxygen atoms in total. The molecule has 0 saturated carbocycles. The van der Waals surface area contributed by atoms with Crippen molar-refractivity contribution in [3.05, 3.63) is 89.5 Å². The molecule has 4 rings (SSSR count). The second-order valence-electron chi connectivity index (χ2n) is 7.91. The quantitative estimate of drug-likeness (QED) is 0.480. The van der Waals surface area contributed by atoms with E-state index < -0.39 is 0 Å². The SMILES string of the molecule is COc1cc(OC)c(OC)cc1/C=N\N1CCN(C(c2ccccc2)c2ccccc2)CC1. The molecule has 0 aliphatic carbocycles. The van der Waals surface area contributed by atoms with E-state index >= 15 is 0 Å². The van der Waals surface area contributed by atoms with Gasteiger partial charge in [-0.2, -0.15) is 5.10 Å². The molecule has 1 aliphatic rings. The minimum atomic E-state index is 0.240. The largest absolute Gasteiger partial charge is 0.496 e. The summed E-state index contributed by atoms with van der Waals surface area (Å²) in [6, 6.07) is 25.4. The van der Waals surface area contributed by atoms with E-state index in [9.17, 15) is 0 Å². The fraction of sp³-hybridized carbons (Fsp3) is 0.296. The summed E-state index contributed by atoms with van der Waals surface area (Å²) in [6.07, 6.45) is 1.84. The van der Waals surface area contributed by atoms with E-state index in [1.165, 1.54) is 11.1 Å². The van der Waals surface area contributed by atoms with Gasteiger partial charge in [0.2, 0.25) is 0 Å². The number of rotatable bonds is 8. The second kappa shape index (κ2) is 10.9. The Hall–Kier alpha value is -3.51. The fourth-order valence-electron chi connectivity index (χ4n) is 4.27. The lowest BCUT2D eigenvalue weighted by molar-refractivity contribution is 0.113. The topological polar surface area (TPSA) is 46.5 Å². The molecule has 0 bridgehead atoms. The Morgan fingerprint density at radius 3 is 1.73 bits per heavy atom. The molecular formula is C27H31N3O3. The minimum absolute atomic E-state index is 0.240. The molecule has 1 aliphatic heterocycles. The standard InChI is InChI=1S/C27H31N3O3/c1-31-24-19-26(33-3)25(32-2)18-23(24)20-28-30-16-14-29(15-17-30)27(21-10-6-4-7-11-21)22-12-8-5-9-13-22/h4-13,18-20,27H,14-17H2,1-3H3/b28-20-. The van der Waals surface area contributed by atoms with Gasteiger partial charge in [-0.3, -0.25) is 9.91 Å². The summed E-state index contributed by atoms with van der Waals surface area (Å²) in [7, 11) is 4.88. The summed E-state index contributed by atoms with van der Waals surface area (Å²) in [5.41, 5.74) is 3.48. The number of ether oxygens (including phenoxy) is 3. The van der Waals surface area contributed by atoms with Gasteiger partial charge >= 0.3 is 0 Å². The van der Waals surface area contributed by atoms with Crippen molar-refractivity contribution in [1.29, 1.82) is 0 Å². The molecule has 0 amide bonds. The van der Waals surface area contributed by atoms with Crippen LogP contribution in [0.3, 0.4) is 0 Å². The Bertz CT molecular complexity index is 1010. The first-order valence-electron chi connectivity index (χ1n) is 11.2. The molecule has 6 heteroatoms. The molecule has 1 heterocycles. The number of hydrogen-bond donors (Lipinski definition) is 0. The number of nitrogens with zero attached hydrogens (tertiary/aromatic N) is 3. The van der Waals surface area contributed by atoms with Crippen LogP contribution in [0, 0.1) is 0 Å². The molecule has 1 fully saturated rings. The van der Waals surface area contributed by atoms with Gasteiger partial charge in [0.1, 0.15) is 5.75 Å². The summed E-state index contributed by atoms with van der Waals surface area (Å²) >= 11 is 0. The van der Waals surface area contributed by atoms with Crippen LogP contribution in [0.4, 0.5) is 0 Å². The molecule has 0 radical (unpaired) electrons. The Morgan fingerprint density at radius 2 is 1.21 bits per heavy atom. The van der Waals surface area contributed by atoms with Crippen molar-refractivity contribution in [2.45, 2.75) is 6.04 Å². The number of hydrazone groups is 1. The van der Waals surface area contributed by atoms with Crippen molar-refractivity contribution in [3.63, 3.8) is 0 Å². The van der Waals surface area contributed by atoms with E-state index in [0.29, 0.717) is 17.2 Å². The normalized spacial score (nSPS) is 14.6. The summed E-state index contributed by atoms with van der Waals surface area (Å²) < 4.78 is 16.3. The zero-order valence-corrected chi connectivity index (χ0v) is 19.5. The second-order valence-corrected chi connectivity index (χ2v) is 7.91. The van der Waals surface area contributed by atoms with E-state index in [1.807, 2.05) is 18.3 Å². The van der Waals surface area contributed by atoms with Crippen LogP contribution in [0.5, 0.6) is 17.2 Å². The first-order valence-corrected chi connectivity index (χ1v) is 11.2. The lowest BCUT2D eigenvalue weighted by Crippen LogP contribution is -2.45. The highest BCUT2D eigenvalue weighted by atomic mass is 16.5. The predicted octanol–water partition coefficient (Wildman–Crippen LogP) is 4.45. The fourth-order valence-corrected chi connectivity index (χ4v) is 4.27. The summed E-state index contributed by atoms with van der Waals surface area (Å²) in [5.74, 6) is 1.98. The van der Waals surface area contributed by atoms with Crippen LogP contribution >= 0.6 is 0 Å². The van der Waals surface area contributed by atoms with Gasteiger partial charge in [-0.05, 0) is 17.2 Å². The molecule has 172 valence electrons. The van der Waals surface area contributed by atoms with Crippen LogP contribution in [0.1, 0.15) is 22.7 Å². The Kier molecular flexibility index (Phi) is 7.47. The first-order chi connectivity index (χ1) is 16.2. The van der Waals surface area contributed by atoms with Gasteiger partial charge in [-0.25, -0.2) is 0 Å². The van der Waals surface area contributed by atoms with Crippen molar-refractivity contribution < 1.29 is 14.2 Å². The van der Waals surface area contributed by atoms with Crippen molar-refractivity contribution in [3.8, 4) is 17.2 Å². The molecule has 0 spiro atoms. The average Bonchev–Trinajstić information content (AvgIpc) is 2.89. The molecule has 0 aromatic heterocycles. The molecule has 33 heavy (non-hydrogen) atoms. The number of methoxy groups -OCH3 is 3. The maximum atomic E-state index is 5.52. The van der Waals surface area contributed by atoms with E-state index in [0.717, 1.165) is 31.7 Å². The Labute approximate surface area is 196 Å². The first kappa shape index (κ1) is 22.7. The van der Waals surface area contributed by atoms with Crippen molar-refractivity contribution >= 4 is 6.21 Å². The van der Waals surface area contributed by atoms with E-state index in [-0.39, 0.29) is 6.04 Å². The maximum absolute atomic E-state index is 5.52. The lowest BCUT2D eigenvalue weighted by Gasteiger charge is -2.38. The van der Waals surface area contributed by atoms with Crippen molar-refractivity contribution in [2.75, 3.05) is 47.5 Å².